The van der Waals surface area contributed by atoms with Crippen LogP contribution in [0.25, 0.3) is 22.0 Å². The summed E-state index contributed by atoms with van der Waals surface area (Å²) in [5, 5.41) is 3.25. The van der Waals surface area contributed by atoms with E-state index in [1.54, 1.807) is 6.92 Å². The standard InChI is InChI=1S/C21H15ClN2O3S/c1-13-18(24-19(27-13)14-7-3-2-4-8-14)21(25)26-11-15-12-28-20(23-15)16-9-5-6-10-17(16)22/h2-10,12H,11H2,1H3. The molecule has 28 heavy (non-hydrogen) atoms. The zero-order valence-electron chi connectivity index (χ0n) is 14.9. The molecule has 4 rings (SSSR count). The number of halogens is 1. The number of ether oxygens (including phenoxy) is 1. The Morgan fingerprint density at radius 1 is 1.11 bits per heavy atom. The minimum absolute atomic E-state index is 0.0484. The van der Waals surface area contributed by atoms with Crippen molar-refractivity contribution in [1.82, 2.24) is 9.97 Å². The van der Waals surface area contributed by atoms with Crippen LogP contribution in [0.2, 0.25) is 5.02 Å². The van der Waals surface area contributed by atoms with Crippen LogP contribution in [-0.4, -0.2) is 15.9 Å². The van der Waals surface area contributed by atoms with Crippen molar-refractivity contribution in [3.63, 3.8) is 0 Å². The second-order valence-electron chi connectivity index (χ2n) is 5.99. The lowest BCUT2D eigenvalue weighted by Gasteiger charge is -2.01. The molecule has 0 radical (unpaired) electrons. The molecule has 0 spiro atoms. The second kappa shape index (κ2) is 7.96. The summed E-state index contributed by atoms with van der Waals surface area (Å²) in [6, 6.07) is 16.9. The number of aromatic nitrogens is 2. The average molecular weight is 411 g/mol. The van der Waals surface area contributed by atoms with E-state index in [9.17, 15) is 4.79 Å². The lowest BCUT2D eigenvalue weighted by Crippen LogP contribution is -2.07. The number of carbonyl (C=O) groups excluding carboxylic acids is 1. The summed E-state index contributed by atoms with van der Waals surface area (Å²) in [6.45, 7) is 1.74. The molecule has 0 saturated carbocycles. The van der Waals surface area contributed by atoms with Gasteiger partial charge in [-0.2, -0.15) is 0 Å². The topological polar surface area (TPSA) is 65.2 Å². The minimum Gasteiger partial charge on any atom is -0.454 e. The number of oxazole rings is 1. The Balaban J connectivity index is 1.46. The van der Waals surface area contributed by atoms with Crippen molar-refractivity contribution in [1.29, 1.82) is 0 Å². The maximum Gasteiger partial charge on any atom is 0.361 e. The summed E-state index contributed by atoms with van der Waals surface area (Å²) in [7, 11) is 0. The van der Waals surface area contributed by atoms with Gasteiger partial charge in [0.05, 0.1) is 10.7 Å². The molecule has 0 aliphatic rings. The van der Waals surface area contributed by atoms with Crippen molar-refractivity contribution < 1.29 is 13.9 Å². The summed E-state index contributed by atoms with van der Waals surface area (Å²) in [4.78, 5) is 21.2. The molecule has 0 aliphatic heterocycles. The fraction of sp³-hybridized carbons (Fsp3) is 0.0952. The van der Waals surface area contributed by atoms with Crippen LogP contribution in [0.5, 0.6) is 0 Å². The molecule has 2 aromatic heterocycles. The highest BCUT2D eigenvalue weighted by Gasteiger charge is 2.20. The first kappa shape index (κ1) is 18.4. The van der Waals surface area contributed by atoms with Crippen molar-refractivity contribution in [3.05, 3.63) is 82.1 Å². The average Bonchev–Trinajstić information content (AvgIpc) is 3.34. The van der Waals surface area contributed by atoms with Crippen LogP contribution in [0.3, 0.4) is 0 Å². The van der Waals surface area contributed by atoms with Crippen molar-refractivity contribution in [2.24, 2.45) is 0 Å². The maximum absolute atomic E-state index is 12.4. The summed E-state index contributed by atoms with van der Waals surface area (Å²) in [5.74, 6) is 0.259. The van der Waals surface area contributed by atoms with Gasteiger partial charge in [0.25, 0.3) is 0 Å². The molecule has 0 N–H and O–H groups in total. The summed E-state index contributed by atoms with van der Waals surface area (Å²) >= 11 is 7.66. The number of thiazole rings is 1. The van der Waals surface area contributed by atoms with Crippen LogP contribution in [0.1, 0.15) is 21.9 Å². The highest BCUT2D eigenvalue weighted by Crippen LogP contribution is 2.30. The third-order valence-electron chi connectivity index (χ3n) is 4.02. The van der Waals surface area contributed by atoms with E-state index in [0.717, 1.165) is 16.1 Å². The minimum atomic E-state index is -0.546. The van der Waals surface area contributed by atoms with Gasteiger partial charge in [-0.15, -0.1) is 11.3 Å². The van der Waals surface area contributed by atoms with Crippen LogP contribution in [0.4, 0.5) is 0 Å². The monoisotopic (exact) mass is 410 g/mol. The van der Waals surface area contributed by atoms with E-state index in [-0.39, 0.29) is 12.3 Å². The van der Waals surface area contributed by atoms with E-state index in [1.807, 2.05) is 60.0 Å². The van der Waals surface area contributed by atoms with Crippen molar-refractivity contribution in [2.45, 2.75) is 13.5 Å². The highest BCUT2D eigenvalue weighted by atomic mass is 35.5. The lowest BCUT2D eigenvalue weighted by molar-refractivity contribution is 0.0460. The van der Waals surface area contributed by atoms with Gasteiger partial charge in [-0.05, 0) is 25.1 Å². The Hall–Kier alpha value is -2.96. The Kier molecular flexibility index (Phi) is 5.23. The molecule has 0 amide bonds. The van der Waals surface area contributed by atoms with E-state index in [0.29, 0.717) is 22.4 Å². The van der Waals surface area contributed by atoms with E-state index < -0.39 is 5.97 Å². The smallest absolute Gasteiger partial charge is 0.361 e. The highest BCUT2D eigenvalue weighted by molar-refractivity contribution is 7.13. The number of hydrogen-bond acceptors (Lipinski definition) is 6. The SMILES string of the molecule is Cc1oc(-c2ccccc2)nc1C(=O)OCc1csc(-c2ccccc2Cl)n1. The van der Waals surface area contributed by atoms with Crippen LogP contribution >= 0.6 is 22.9 Å². The van der Waals surface area contributed by atoms with Gasteiger partial charge in [0.1, 0.15) is 17.4 Å². The van der Waals surface area contributed by atoms with E-state index in [2.05, 4.69) is 9.97 Å². The quantitative estimate of drug-likeness (QED) is 0.390. The second-order valence-corrected chi connectivity index (χ2v) is 7.26. The number of aryl methyl sites for hydroxylation is 1. The molecule has 0 bridgehead atoms. The third kappa shape index (κ3) is 3.83. The predicted molar refractivity (Wildman–Crippen MR) is 108 cm³/mol. The van der Waals surface area contributed by atoms with Gasteiger partial charge >= 0.3 is 5.97 Å². The summed E-state index contributed by atoms with van der Waals surface area (Å²) in [6.07, 6.45) is 0. The van der Waals surface area contributed by atoms with Gasteiger partial charge in [-0.25, -0.2) is 14.8 Å². The summed E-state index contributed by atoms with van der Waals surface area (Å²) in [5.41, 5.74) is 2.47. The molecular formula is C21H15ClN2O3S. The zero-order valence-corrected chi connectivity index (χ0v) is 16.5. The number of rotatable bonds is 5. The van der Waals surface area contributed by atoms with Crippen LogP contribution in [0.15, 0.2) is 64.4 Å². The van der Waals surface area contributed by atoms with Crippen molar-refractivity contribution >= 4 is 28.9 Å². The van der Waals surface area contributed by atoms with Gasteiger partial charge in [0, 0.05) is 16.5 Å². The first-order valence-electron chi connectivity index (χ1n) is 8.51. The zero-order chi connectivity index (χ0) is 19.5. The number of benzene rings is 2. The Bertz CT molecular complexity index is 1120. The molecule has 4 aromatic rings. The normalized spacial score (nSPS) is 10.8. The van der Waals surface area contributed by atoms with Crippen LogP contribution < -0.4 is 0 Å². The molecule has 2 aromatic carbocycles. The number of nitrogens with zero attached hydrogens (tertiary/aromatic N) is 2. The Morgan fingerprint density at radius 3 is 2.64 bits per heavy atom. The third-order valence-corrected chi connectivity index (χ3v) is 5.27. The predicted octanol–water partition coefficient (Wildman–Crippen LogP) is 5.78. The first-order chi connectivity index (χ1) is 13.6. The van der Waals surface area contributed by atoms with Crippen molar-refractivity contribution in [2.75, 3.05) is 0 Å². The van der Waals surface area contributed by atoms with Gasteiger partial charge in [0.15, 0.2) is 5.69 Å². The number of esters is 1. The van der Waals surface area contributed by atoms with Crippen LogP contribution in [-0.2, 0) is 11.3 Å². The Morgan fingerprint density at radius 2 is 1.86 bits per heavy atom. The first-order valence-corrected chi connectivity index (χ1v) is 9.77. The molecule has 2 heterocycles. The molecule has 0 atom stereocenters. The Labute approximate surface area is 170 Å². The largest absolute Gasteiger partial charge is 0.454 e. The molecule has 140 valence electrons. The molecule has 0 aliphatic carbocycles. The molecule has 5 nitrogen and oxygen atoms in total. The molecule has 7 heteroatoms. The maximum atomic E-state index is 12.4. The number of hydrogen-bond donors (Lipinski definition) is 0. The van der Waals surface area contributed by atoms with Gasteiger partial charge in [0.2, 0.25) is 5.89 Å². The van der Waals surface area contributed by atoms with Crippen LogP contribution in [0, 0.1) is 6.92 Å². The summed E-state index contributed by atoms with van der Waals surface area (Å²) < 4.78 is 11.0. The molecule has 0 unspecified atom stereocenters. The number of carbonyl (C=O) groups is 1. The fourth-order valence-electron chi connectivity index (χ4n) is 2.63. The van der Waals surface area contributed by atoms with E-state index in [4.69, 9.17) is 20.8 Å². The van der Waals surface area contributed by atoms with Crippen molar-refractivity contribution in [3.8, 4) is 22.0 Å². The molecular weight excluding hydrogens is 396 g/mol. The van der Waals surface area contributed by atoms with Gasteiger partial charge in [-0.3, -0.25) is 0 Å². The fourth-order valence-corrected chi connectivity index (χ4v) is 3.75. The van der Waals surface area contributed by atoms with Gasteiger partial charge in [-0.1, -0.05) is 48.0 Å². The molecule has 0 fully saturated rings. The molecule has 0 saturated heterocycles. The van der Waals surface area contributed by atoms with E-state index >= 15 is 0 Å². The lowest BCUT2D eigenvalue weighted by atomic mass is 10.2. The van der Waals surface area contributed by atoms with E-state index in [1.165, 1.54) is 11.3 Å². The van der Waals surface area contributed by atoms with Gasteiger partial charge < -0.3 is 9.15 Å².